The molecule has 1 unspecified atom stereocenters. The van der Waals surface area contributed by atoms with Crippen molar-refractivity contribution in [3.8, 4) is 16.9 Å². The number of phenolic OH excluding ortho intramolecular Hbond substituents is 1. The van der Waals surface area contributed by atoms with Crippen molar-refractivity contribution in [1.82, 2.24) is 4.98 Å². The van der Waals surface area contributed by atoms with Gasteiger partial charge in [0.1, 0.15) is 22.1 Å². The smallest absolute Gasteiger partial charge is 0.266 e. The number of benzene rings is 2. The molecule has 0 aliphatic carbocycles. The van der Waals surface area contributed by atoms with Crippen molar-refractivity contribution < 1.29 is 13.9 Å². The van der Waals surface area contributed by atoms with E-state index in [9.17, 15) is 18.7 Å². The van der Waals surface area contributed by atoms with E-state index in [4.69, 9.17) is 5.73 Å². The van der Waals surface area contributed by atoms with Crippen molar-refractivity contribution in [1.29, 1.82) is 0 Å². The molecule has 140 valence electrons. The summed E-state index contributed by atoms with van der Waals surface area (Å²) in [6.07, 6.45) is 0. The number of hydrogen-bond donors (Lipinski definition) is 3. The van der Waals surface area contributed by atoms with Gasteiger partial charge in [0.2, 0.25) is 0 Å². The van der Waals surface area contributed by atoms with E-state index in [0.29, 0.717) is 21.0 Å². The minimum absolute atomic E-state index is 0. The molecule has 2 heterocycles. The Bertz CT molecular complexity index is 1210. The third-order valence-electron chi connectivity index (χ3n) is 4.40. The molecule has 4 aromatic rings. The number of nitrogens with two attached hydrogens (primary N) is 1. The third-order valence-corrected chi connectivity index (χ3v) is 5.31. The molecule has 0 fully saturated rings. The summed E-state index contributed by atoms with van der Waals surface area (Å²) in [4.78, 5) is 14.9. The Morgan fingerprint density at radius 1 is 1.19 bits per heavy atom. The zero-order valence-electron chi connectivity index (χ0n) is 14.0. The summed E-state index contributed by atoms with van der Waals surface area (Å²) >= 11 is 1.26. The van der Waals surface area contributed by atoms with E-state index in [-0.39, 0.29) is 40.4 Å². The lowest BCUT2D eigenvalue weighted by molar-refractivity contribution is 0.478. The van der Waals surface area contributed by atoms with Gasteiger partial charge in [-0.15, -0.1) is 23.7 Å². The van der Waals surface area contributed by atoms with Gasteiger partial charge in [0.15, 0.2) is 0 Å². The fourth-order valence-corrected chi connectivity index (χ4v) is 4.09. The maximum absolute atomic E-state index is 14.4. The summed E-state index contributed by atoms with van der Waals surface area (Å²) in [5, 5.41) is 13.3. The number of aromatic amines is 1. The van der Waals surface area contributed by atoms with Crippen molar-refractivity contribution in [2.45, 2.75) is 13.0 Å². The average Bonchev–Trinajstić information content (AvgIpc) is 3.04. The molecule has 27 heavy (non-hydrogen) atoms. The van der Waals surface area contributed by atoms with Gasteiger partial charge < -0.3 is 15.8 Å². The van der Waals surface area contributed by atoms with Gasteiger partial charge in [0, 0.05) is 33.5 Å². The van der Waals surface area contributed by atoms with E-state index in [1.54, 1.807) is 17.5 Å². The summed E-state index contributed by atoms with van der Waals surface area (Å²) < 4.78 is 29.4. The molecule has 0 spiro atoms. The number of halogens is 3. The molecule has 4 N–H and O–H groups in total. The first-order valence-electron chi connectivity index (χ1n) is 7.88. The maximum atomic E-state index is 14.4. The zero-order chi connectivity index (χ0) is 18.6. The summed E-state index contributed by atoms with van der Waals surface area (Å²) in [6, 6.07) is 6.21. The van der Waals surface area contributed by atoms with E-state index in [2.05, 4.69) is 4.98 Å². The van der Waals surface area contributed by atoms with Gasteiger partial charge in [-0.3, -0.25) is 4.79 Å². The Morgan fingerprint density at radius 3 is 2.48 bits per heavy atom. The number of fused-ring (bicyclic) bond motifs is 3. The van der Waals surface area contributed by atoms with Gasteiger partial charge in [-0.25, -0.2) is 8.78 Å². The van der Waals surface area contributed by atoms with Gasteiger partial charge in [0.05, 0.1) is 0 Å². The van der Waals surface area contributed by atoms with Gasteiger partial charge in [-0.2, -0.15) is 0 Å². The second-order valence-corrected chi connectivity index (χ2v) is 7.06. The lowest BCUT2D eigenvalue weighted by Gasteiger charge is -2.14. The topological polar surface area (TPSA) is 79.1 Å². The summed E-state index contributed by atoms with van der Waals surface area (Å²) in [7, 11) is 0. The van der Waals surface area contributed by atoms with Crippen LogP contribution in [0.25, 0.3) is 32.1 Å². The van der Waals surface area contributed by atoms with Crippen LogP contribution in [0, 0.1) is 11.6 Å². The van der Waals surface area contributed by atoms with Crippen molar-refractivity contribution >= 4 is 44.7 Å². The number of hydrogen-bond acceptors (Lipinski definition) is 4. The van der Waals surface area contributed by atoms with E-state index in [1.807, 2.05) is 0 Å². The van der Waals surface area contributed by atoms with Gasteiger partial charge in [0.25, 0.3) is 5.56 Å². The molecule has 4 rings (SSSR count). The number of pyridine rings is 1. The molecule has 0 aliphatic rings. The molecule has 8 heteroatoms. The van der Waals surface area contributed by atoms with Crippen LogP contribution in [-0.4, -0.2) is 10.1 Å². The monoisotopic (exact) mass is 408 g/mol. The van der Waals surface area contributed by atoms with Gasteiger partial charge in [-0.1, -0.05) is 0 Å². The number of aromatic hydroxyl groups is 1. The van der Waals surface area contributed by atoms with E-state index in [0.717, 1.165) is 12.1 Å². The minimum atomic E-state index is -0.801. The first-order chi connectivity index (χ1) is 12.4. The Morgan fingerprint density at radius 2 is 1.85 bits per heavy atom. The number of thiophene rings is 1. The van der Waals surface area contributed by atoms with Crippen LogP contribution >= 0.6 is 23.7 Å². The maximum Gasteiger partial charge on any atom is 0.266 e. The Kier molecular flexibility index (Phi) is 4.94. The molecule has 1 atom stereocenters. The molecular weight excluding hydrogens is 394 g/mol. The molecule has 0 amide bonds. The van der Waals surface area contributed by atoms with Crippen molar-refractivity contribution in [2.75, 3.05) is 0 Å². The second kappa shape index (κ2) is 6.92. The van der Waals surface area contributed by atoms with E-state index < -0.39 is 17.7 Å². The van der Waals surface area contributed by atoms with Crippen LogP contribution in [0.5, 0.6) is 5.75 Å². The van der Waals surface area contributed by atoms with Gasteiger partial charge >= 0.3 is 0 Å². The van der Waals surface area contributed by atoms with E-state index >= 15 is 0 Å². The normalized spacial score (nSPS) is 12.3. The molecule has 0 bridgehead atoms. The first kappa shape index (κ1) is 19.3. The fraction of sp³-hybridized carbons (Fsp3) is 0.105. The summed E-state index contributed by atoms with van der Waals surface area (Å²) in [5.74, 6) is -1.70. The molecule has 2 aromatic heterocycles. The van der Waals surface area contributed by atoms with Crippen molar-refractivity contribution in [2.24, 2.45) is 5.73 Å². The summed E-state index contributed by atoms with van der Waals surface area (Å²) in [5.41, 5.74) is 6.09. The Labute approximate surface area is 162 Å². The highest BCUT2D eigenvalue weighted by Crippen LogP contribution is 2.40. The fourth-order valence-electron chi connectivity index (χ4n) is 3.29. The van der Waals surface area contributed by atoms with E-state index in [1.165, 1.54) is 24.3 Å². The van der Waals surface area contributed by atoms with Crippen LogP contribution in [0.15, 0.2) is 40.5 Å². The highest BCUT2D eigenvalue weighted by molar-refractivity contribution is 7.17. The lowest BCUT2D eigenvalue weighted by Crippen LogP contribution is -2.10. The first-order valence-corrected chi connectivity index (χ1v) is 8.76. The lowest BCUT2D eigenvalue weighted by atomic mass is 9.95. The average molecular weight is 409 g/mol. The van der Waals surface area contributed by atoms with Crippen LogP contribution in [0.3, 0.4) is 0 Å². The Hall–Kier alpha value is -2.48. The van der Waals surface area contributed by atoms with Crippen LogP contribution in [0.2, 0.25) is 0 Å². The molecule has 0 aliphatic heterocycles. The molecular formula is C19H15ClF2N2O2S. The number of nitrogens with one attached hydrogen (secondary N) is 1. The van der Waals surface area contributed by atoms with Crippen LogP contribution in [0.4, 0.5) is 8.78 Å². The van der Waals surface area contributed by atoms with Crippen LogP contribution in [-0.2, 0) is 0 Å². The number of H-pyrrole nitrogens is 1. The molecule has 0 saturated heterocycles. The highest BCUT2D eigenvalue weighted by atomic mass is 35.5. The molecule has 0 radical (unpaired) electrons. The predicted molar refractivity (Wildman–Crippen MR) is 107 cm³/mol. The summed E-state index contributed by atoms with van der Waals surface area (Å²) in [6.45, 7) is 1.50. The molecule has 2 aromatic carbocycles. The van der Waals surface area contributed by atoms with Gasteiger partial charge in [-0.05, 0) is 48.2 Å². The van der Waals surface area contributed by atoms with Crippen LogP contribution < -0.4 is 11.3 Å². The van der Waals surface area contributed by atoms with Crippen molar-refractivity contribution in [3.63, 3.8) is 0 Å². The molecule has 0 saturated carbocycles. The SMILES string of the molecule is CC(N)c1c(F)cc(-c2c(O)ccc3[nH]c(=O)c4sccc4c23)cc1F.Cl. The zero-order valence-corrected chi connectivity index (χ0v) is 15.7. The number of phenols is 1. The standard InChI is InChI=1S/C19H14F2N2O2S.ClH/c1-8(22)15-11(20)6-9(7-12(15)21)16-14(24)3-2-13-17(16)10-4-5-26-18(10)19(25)23-13;/h2-8,24H,22H2,1H3,(H,23,25);1H. The van der Waals surface area contributed by atoms with Crippen LogP contribution in [0.1, 0.15) is 18.5 Å². The quantitative estimate of drug-likeness (QED) is 0.444. The Balaban J connectivity index is 0.00000210. The minimum Gasteiger partial charge on any atom is -0.507 e. The number of rotatable bonds is 2. The largest absolute Gasteiger partial charge is 0.507 e. The predicted octanol–water partition coefficient (Wildman–Crippen LogP) is 4.84. The molecule has 4 nitrogen and oxygen atoms in total. The second-order valence-electron chi connectivity index (χ2n) is 6.14. The third kappa shape index (κ3) is 2.97. The number of aromatic nitrogens is 1. The van der Waals surface area contributed by atoms with Crippen molar-refractivity contribution in [3.05, 3.63) is 63.3 Å². The highest BCUT2D eigenvalue weighted by Gasteiger charge is 2.20.